The van der Waals surface area contributed by atoms with Gasteiger partial charge in [-0.25, -0.2) is 8.42 Å². The molecule has 4 aromatic carbocycles. The number of hydrogen-bond donors (Lipinski definition) is 1. The first-order chi connectivity index (χ1) is 21.2. The number of sulfonamides is 1. The minimum absolute atomic E-state index is 0.0298. The highest BCUT2D eigenvalue weighted by molar-refractivity contribution is 7.92. The molecule has 0 aliphatic rings. The molecule has 1 atom stereocenters. The van der Waals surface area contributed by atoms with E-state index in [1.807, 2.05) is 51.1 Å². The number of benzene rings is 4. The number of nitrogens with one attached hydrogen (secondary N) is 1. The van der Waals surface area contributed by atoms with Crippen LogP contribution in [0.1, 0.15) is 31.9 Å². The molecule has 0 fully saturated rings. The highest BCUT2D eigenvalue weighted by Gasteiger charge is 2.36. The monoisotopic (exact) mass is 685 g/mol. The summed E-state index contributed by atoms with van der Waals surface area (Å²) in [5.41, 5.74) is 0.906. The summed E-state index contributed by atoms with van der Waals surface area (Å²) in [5.74, 6) is -1.02. The molecule has 1 N–H and O–H groups in total. The Balaban J connectivity index is 1.84. The van der Waals surface area contributed by atoms with Gasteiger partial charge in [0.25, 0.3) is 10.0 Å². The molecule has 0 spiro atoms. The first-order valence-electron chi connectivity index (χ1n) is 14.2. The first-order valence-corrected chi connectivity index (χ1v) is 16.7. The van der Waals surface area contributed by atoms with E-state index in [1.165, 1.54) is 35.2 Å². The number of amides is 2. The number of anilines is 1. The van der Waals surface area contributed by atoms with Crippen LogP contribution in [0.5, 0.6) is 0 Å². The van der Waals surface area contributed by atoms with E-state index in [9.17, 15) is 18.0 Å². The summed E-state index contributed by atoms with van der Waals surface area (Å²) in [6.07, 6.45) is 0.174. The zero-order chi connectivity index (χ0) is 32.8. The third kappa shape index (κ3) is 9.23. The van der Waals surface area contributed by atoms with Crippen molar-refractivity contribution >= 4 is 62.3 Å². The summed E-state index contributed by atoms with van der Waals surface area (Å²) >= 11 is 19.1. The van der Waals surface area contributed by atoms with Gasteiger partial charge in [0.05, 0.1) is 10.6 Å². The van der Waals surface area contributed by atoms with Crippen molar-refractivity contribution in [3.63, 3.8) is 0 Å². The van der Waals surface area contributed by atoms with Crippen molar-refractivity contribution < 1.29 is 18.0 Å². The van der Waals surface area contributed by atoms with Gasteiger partial charge in [-0.1, -0.05) is 102 Å². The molecule has 1 unspecified atom stereocenters. The Hall–Kier alpha value is -3.56. The fourth-order valence-corrected chi connectivity index (χ4v) is 6.88. The average Bonchev–Trinajstić information content (AvgIpc) is 2.98. The maximum Gasteiger partial charge on any atom is 0.264 e. The Morgan fingerprint density at radius 3 is 1.93 bits per heavy atom. The Kier molecular flexibility index (Phi) is 11.2. The van der Waals surface area contributed by atoms with Gasteiger partial charge in [-0.05, 0) is 68.3 Å². The lowest BCUT2D eigenvalue weighted by Crippen LogP contribution is -2.56. The van der Waals surface area contributed by atoms with Gasteiger partial charge in [0, 0.05) is 33.6 Å². The van der Waals surface area contributed by atoms with Gasteiger partial charge in [-0.3, -0.25) is 13.9 Å². The summed E-state index contributed by atoms with van der Waals surface area (Å²) in [4.78, 5) is 29.8. The molecular weight excluding hydrogens is 653 g/mol. The van der Waals surface area contributed by atoms with Gasteiger partial charge in [0.15, 0.2) is 0 Å². The summed E-state index contributed by atoms with van der Waals surface area (Å²) < 4.78 is 29.1. The molecule has 0 aliphatic heterocycles. The van der Waals surface area contributed by atoms with Crippen LogP contribution < -0.4 is 9.62 Å². The number of rotatable bonds is 11. The van der Waals surface area contributed by atoms with Crippen LogP contribution in [0.2, 0.25) is 15.1 Å². The summed E-state index contributed by atoms with van der Waals surface area (Å²) in [7, 11) is -4.29. The van der Waals surface area contributed by atoms with E-state index in [4.69, 9.17) is 34.8 Å². The van der Waals surface area contributed by atoms with Crippen molar-refractivity contribution in [2.75, 3.05) is 10.8 Å². The van der Waals surface area contributed by atoms with Gasteiger partial charge in [0.2, 0.25) is 11.8 Å². The van der Waals surface area contributed by atoms with Crippen LogP contribution in [-0.4, -0.2) is 43.3 Å². The fourth-order valence-electron chi connectivity index (χ4n) is 4.75. The third-order valence-electron chi connectivity index (χ3n) is 6.81. The lowest BCUT2D eigenvalue weighted by molar-refractivity contribution is -0.140. The molecule has 4 rings (SSSR count). The van der Waals surface area contributed by atoms with Crippen LogP contribution in [0, 0.1) is 0 Å². The molecule has 11 heteroatoms. The molecule has 236 valence electrons. The molecule has 0 saturated heterocycles. The Bertz CT molecular complexity index is 1730. The Morgan fingerprint density at radius 2 is 1.36 bits per heavy atom. The first kappa shape index (κ1) is 34.3. The van der Waals surface area contributed by atoms with Crippen LogP contribution >= 0.6 is 34.8 Å². The van der Waals surface area contributed by atoms with Crippen molar-refractivity contribution in [2.24, 2.45) is 0 Å². The quantitative estimate of drug-likeness (QED) is 0.178. The molecule has 0 aliphatic carbocycles. The standard InChI is InChI=1S/C34H34Cl3N3O4S/c1-34(2,3)38-33(42)31(18-24-12-6-4-7-13-24)39(22-25-14-10-11-17-30(25)37)32(41)23-40(28-20-26(35)19-27(36)21-28)45(43,44)29-15-8-5-9-16-29/h4-17,19-21,31H,18,22-23H2,1-3H3,(H,38,42). The maximum atomic E-state index is 14.5. The van der Waals surface area contributed by atoms with E-state index in [2.05, 4.69) is 5.32 Å². The second-order valence-corrected chi connectivity index (χ2v) is 14.7. The van der Waals surface area contributed by atoms with Crippen LogP contribution in [-0.2, 0) is 32.6 Å². The molecule has 0 radical (unpaired) electrons. The number of nitrogens with zero attached hydrogens (tertiary/aromatic N) is 2. The molecule has 4 aromatic rings. The zero-order valence-electron chi connectivity index (χ0n) is 25.1. The second kappa shape index (κ2) is 14.7. The Morgan fingerprint density at radius 1 is 0.800 bits per heavy atom. The van der Waals surface area contributed by atoms with Crippen molar-refractivity contribution in [1.82, 2.24) is 10.2 Å². The number of hydrogen-bond acceptors (Lipinski definition) is 4. The predicted molar refractivity (Wildman–Crippen MR) is 181 cm³/mol. The van der Waals surface area contributed by atoms with Crippen molar-refractivity contribution in [3.05, 3.63) is 129 Å². The third-order valence-corrected chi connectivity index (χ3v) is 9.41. The summed E-state index contributed by atoms with van der Waals surface area (Å²) in [5, 5.41) is 3.79. The van der Waals surface area contributed by atoms with Gasteiger partial charge in [-0.15, -0.1) is 0 Å². The molecular formula is C34H34Cl3N3O4S. The normalized spacial score (nSPS) is 12.3. The topological polar surface area (TPSA) is 86.8 Å². The molecule has 7 nitrogen and oxygen atoms in total. The smallest absolute Gasteiger partial charge is 0.264 e. The average molecular weight is 687 g/mol. The molecule has 0 saturated carbocycles. The van der Waals surface area contributed by atoms with E-state index >= 15 is 0 Å². The van der Waals surface area contributed by atoms with E-state index in [1.54, 1.807) is 42.5 Å². The molecule has 0 aromatic heterocycles. The van der Waals surface area contributed by atoms with Gasteiger partial charge >= 0.3 is 0 Å². The van der Waals surface area contributed by atoms with Gasteiger partial charge in [-0.2, -0.15) is 0 Å². The molecule has 45 heavy (non-hydrogen) atoms. The van der Waals surface area contributed by atoms with Gasteiger partial charge < -0.3 is 10.2 Å². The zero-order valence-corrected chi connectivity index (χ0v) is 28.2. The van der Waals surface area contributed by atoms with Crippen molar-refractivity contribution in [2.45, 2.75) is 50.2 Å². The largest absolute Gasteiger partial charge is 0.350 e. The number of carbonyl (C=O) groups is 2. The van der Waals surface area contributed by atoms with E-state index in [-0.39, 0.29) is 33.6 Å². The van der Waals surface area contributed by atoms with E-state index in [0.717, 1.165) is 9.87 Å². The number of carbonyl (C=O) groups excluding carboxylic acids is 2. The van der Waals surface area contributed by atoms with E-state index in [0.29, 0.717) is 10.6 Å². The predicted octanol–water partition coefficient (Wildman–Crippen LogP) is 7.40. The minimum atomic E-state index is -4.29. The van der Waals surface area contributed by atoms with Crippen LogP contribution in [0.3, 0.4) is 0 Å². The fraction of sp³-hybridized carbons (Fsp3) is 0.235. The van der Waals surface area contributed by atoms with Gasteiger partial charge in [0.1, 0.15) is 12.6 Å². The van der Waals surface area contributed by atoms with Crippen LogP contribution in [0.25, 0.3) is 0 Å². The SMILES string of the molecule is CC(C)(C)NC(=O)C(Cc1ccccc1)N(Cc1ccccc1Cl)C(=O)CN(c1cc(Cl)cc(Cl)c1)S(=O)(=O)c1ccccc1. The van der Waals surface area contributed by atoms with Crippen molar-refractivity contribution in [1.29, 1.82) is 0 Å². The van der Waals surface area contributed by atoms with Crippen LogP contribution in [0.4, 0.5) is 5.69 Å². The highest BCUT2D eigenvalue weighted by atomic mass is 35.5. The lowest BCUT2D eigenvalue weighted by atomic mass is 10.0. The lowest BCUT2D eigenvalue weighted by Gasteiger charge is -2.35. The summed E-state index contributed by atoms with van der Waals surface area (Å²) in [6, 6.07) is 27.4. The summed E-state index contributed by atoms with van der Waals surface area (Å²) in [6.45, 7) is 4.85. The van der Waals surface area contributed by atoms with E-state index < -0.39 is 40.0 Å². The highest BCUT2D eigenvalue weighted by Crippen LogP contribution is 2.30. The minimum Gasteiger partial charge on any atom is -0.350 e. The number of halogens is 3. The van der Waals surface area contributed by atoms with Crippen molar-refractivity contribution in [3.8, 4) is 0 Å². The molecule has 0 bridgehead atoms. The second-order valence-electron chi connectivity index (χ2n) is 11.5. The Labute approximate surface area is 279 Å². The maximum absolute atomic E-state index is 14.5. The molecule has 2 amide bonds. The molecule has 0 heterocycles. The van der Waals surface area contributed by atoms with Crippen LogP contribution in [0.15, 0.2) is 108 Å².